The van der Waals surface area contributed by atoms with Crippen LogP contribution in [0.5, 0.6) is 0 Å². The molecule has 4 nitrogen and oxygen atoms in total. The summed E-state index contributed by atoms with van der Waals surface area (Å²) in [4.78, 5) is 19.5. The van der Waals surface area contributed by atoms with E-state index in [0.29, 0.717) is 15.4 Å². The lowest BCUT2D eigenvalue weighted by atomic mass is 9.89. The van der Waals surface area contributed by atoms with E-state index in [1.54, 1.807) is 14.0 Å². The molecule has 0 spiro atoms. The van der Waals surface area contributed by atoms with Gasteiger partial charge in [0.05, 0.1) is 17.3 Å². The maximum Gasteiger partial charge on any atom is 0.333 e. The molecule has 0 radical (unpaired) electrons. The average Bonchev–Trinajstić information content (AvgIpc) is 3.06. The van der Waals surface area contributed by atoms with E-state index in [0.717, 1.165) is 18.8 Å². The molecule has 0 saturated carbocycles. The van der Waals surface area contributed by atoms with Gasteiger partial charge in [-0.15, -0.1) is 30.1 Å². The zero-order chi connectivity index (χ0) is 23.6. The van der Waals surface area contributed by atoms with E-state index >= 15 is 0 Å². The molecule has 1 aliphatic heterocycles. The number of thioether (sulfide) groups is 2. The second-order valence-corrected chi connectivity index (χ2v) is 10.8. The van der Waals surface area contributed by atoms with Crippen molar-refractivity contribution in [1.82, 2.24) is 0 Å². The van der Waals surface area contributed by atoms with Gasteiger partial charge < -0.3 is 14.3 Å². The molecule has 0 aromatic heterocycles. The van der Waals surface area contributed by atoms with Gasteiger partial charge >= 0.3 is 5.97 Å². The van der Waals surface area contributed by atoms with Crippen LogP contribution in [0.25, 0.3) is 0 Å². The number of carbonyl (C=O) groups excluding carboxylic acids is 2. The van der Waals surface area contributed by atoms with Gasteiger partial charge in [0.15, 0.2) is 0 Å². The number of allylic oxidation sites excluding steroid dienone is 1. The first kappa shape index (κ1) is 32.9. The van der Waals surface area contributed by atoms with Crippen molar-refractivity contribution in [3.05, 3.63) is 24.3 Å². The highest BCUT2D eigenvalue weighted by atomic mass is 32.2. The minimum atomic E-state index is -0.294. The fourth-order valence-corrected chi connectivity index (χ4v) is 5.93. The van der Waals surface area contributed by atoms with Crippen LogP contribution in [0.4, 0.5) is 0 Å². The van der Waals surface area contributed by atoms with Crippen molar-refractivity contribution in [1.29, 1.82) is 0 Å². The van der Waals surface area contributed by atoms with E-state index in [1.807, 2.05) is 51.1 Å². The van der Waals surface area contributed by atoms with Crippen LogP contribution in [0.1, 0.15) is 68.2 Å². The summed E-state index contributed by atoms with van der Waals surface area (Å²) in [6.45, 7) is 26.3. The van der Waals surface area contributed by atoms with Gasteiger partial charge in [0.2, 0.25) is 0 Å². The van der Waals surface area contributed by atoms with Crippen LogP contribution in [0.3, 0.4) is 0 Å². The number of carbonyl (C=O) groups is 2. The molecule has 3 atom stereocenters. The molecule has 1 aliphatic rings. The summed E-state index contributed by atoms with van der Waals surface area (Å²) in [6, 6.07) is 0. The molecule has 3 unspecified atom stereocenters. The molecular formula is C23H44O4S2. The van der Waals surface area contributed by atoms with Crippen LogP contribution in [0.15, 0.2) is 24.3 Å². The molecular weight excluding hydrogens is 404 g/mol. The molecule has 0 bridgehead atoms. The fourth-order valence-electron chi connectivity index (χ4n) is 2.29. The number of hydrogen-bond donors (Lipinski definition) is 0. The number of ether oxygens (including phenoxy) is 2. The van der Waals surface area contributed by atoms with Crippen LogP contribution in [0.2, 0.25) is 0 Å². The first-order chi connectivity index (χ1) is 13.4. The molecule has 1 saturated heterocycles. The summed E-state index contributed by atoms with van der Waals surface area (Å²) in [5.41, 5.74) is 1.74. The second kappa shape index (κ2) is 19.3. The standard InChI is InChI=1S/C15H26O3S2.C4H8.C3H8.CH2O/c1-10(2)13(16)18-11(3)7-15(4,5)14-19-9-12(20-14)8-17-6;1-4(2)3;1-3-2;1-2/h11-12,14H,1,7-9H2,2-6H3;1H2,2-3H3;3H2,1-2H3;1H2. The van der Waals surface area contributed by atoms with Crippen molar-refractivity contribution in [2.24, 2.45) is 5.41 Å². The minimum absolute atomic E-state index is 0.0862. The van der Waals surface area contributed by atoms with Crippen LogP contribution in [-0.2, 0) is 19.1 Å². The Kier molecular flexibility index (Phi) is 21.9. The van der Waals surface area contributed by atoms with Gasteiger partial charge in [-0.25, -0.2) is 4.79 Å². The number of rotatable bonds is 7. The zero-order valence-corrected chi connectivity index (χ0v) is 21.8. The Morgan fingerprint density at radius 2 is 1.62 bits per heavy atom. The average molecular weight is 449 g/mol. The highest BCUT2D eigenvalue weighted by Crippen LogP contribution is 2.49. The lowest BCUT2D eigenvalue weighted by Gasteiger charge is -2.33. The Morgan fingerprint density at radius 1 is 1.17 bits per heavy atom. The third kappa shape index (κ3) is 19.0. The minimum Gasteiger partial charge on any atom is -0.459 e. The predicted molar refractivity (Wildman–Crippen MR) is 132 cm³/mol. The van der Waals surface area contributed by atoms with Crippen LogP contribution in [-0.4, -0.2) is 48.2 Å². The highest BCUT2D eigenvalue weighted by molar-refractivity contribution is 8.20. The summed E-state index contributed by atoms with van der Waals surface area (Å²) in [6.07, 6.45) is 2.02. The molecule has 0 aliphatic carbocycles. The number of hydrogen-bond acceptors (Lipinski definition) is 6. The molecule has 1 rings (SSSR count). The van der Waals surface area contributed by atoms with Crippen molar-refractivity contribution in [3.8, 4) is 0 Å². The Labute approximate surface area is 188 Å². The SMILES string of the molecule is C=C(C)C.C=C(C)C(=O)OC(C)CC(C)(C)C1SCC(COC)S1.C=O.CCC. The van der Waals surface area contributed by atoms with E-state index in [4.69, 9.17) is 14.3 Å². The molecule has 0 aromatic rings. The third-order valence-electron chi connectivity index (χ3n) is 3.21. The Morgan fingerprint density at radius 3 is 2.00 bits per heavy atom. The second-order valence-electron chi connectivity index (χ2n) is 7.98. The molecule has 0 aromatic carbocycles. The van der Waals surface area contributed by atoms with Crippen LogP contribution >= 0.6 is 23.5 Å². The quantitative estimate of drug-likeness (QED) is 0.250. The predicted octanol–water partition coefficient (Wildman–Crippen LogP) is 6.55. The van der Waals surface area contributed by atoms with E-state index < -0.39 is 0 Å². The van der Waals surface area contributed by atoms with Crippen LogP contribution < -0.4 is 0 Å². The molecule has 1 fully saturated rings. The number of esters is 1. The molecule has 172 valence electrons. The largest absolute Gasteiger partial charge is 0.459 e. The van der Waals surface area contributed by atoms with E-state index in [9.17, 15) is 4.79 Å². The summed E-state index contributed by atoms with van der Waals surface area (Å²) >= 11 is 3.98. The summed E-state index contributed by atoms with van der Waals surface area (Å²) < 4.78 is 11.2. The van der Waals surface area contributed by atoms with E-state index in [-0.39, 0.29) is 17.5 Å². The lowest BCUT2D eigenvalue weighted by molar-refractivity contribution is -0.144. The zero-order valence-electron chi connectivity index (χ0n) is 20.1. The summed E-state index contributed by atoms with van der Waals surface area (Å²) in [5.74, 6) is 0.837. The summed E-state index contributed by atoms with van der Waals surface area (Å²) in [5, 5.41) is 0.572. The first-order valence-corrected chi connectivity index (χ1v) is 11.9. The van der Waals surface area contributed by atoms with Crippen LogP contribution in [0, 0.1) is 5.41 Å². The Hall–Kier alpha value is -0.720. The normalized spacial score (nSPS) is 18.5. The van der Waals surface area contributed by atoms with Gasteiger partial charge in [0.25, 0.3) is 0 Å². The maximum absolute atomic E-state index is 11.5. The fraction of sp³-hybridized carbons (Fsp3) is 0.739. The highest BCUT2D eigenvalue weighted by Gasteiger charge is 2.38. The molecule has 0 amide bonds. The van der Waals surface area contributed by atoms with Crippen molar-refractivity contribution >= 4 is 36.3 Å². The van der Waals surface area contributed by atoms with E-state index in [1.165, 1.54) is 12.0 Å². The van der Waals surface area contributed by atoms with Crippen molar-refractivity contribution in [3.63, 3.8) is 0 Å². The van der Waals surface area contributed by atoms with E-state index in [2.05, 4.69) is 40.9 Å². The molecule has 1 heterocycles. The molecule has 0 N–H and O–H groups in total. The van der Waals surface area contributed by atoms with Crippen molar-refractivity contribution in [2.75, 3.05) is 19.5 Å². The topological polar surface area (TPSA) is 52.6 Å². The van der Waals surface area contributed by atoms with Gasteiger partial charge in [-0.05, 0) is 39.5 Å². The van der Waals surface area contributed by atoms with Crippen molar-refractivity contribution in [2.45, 2.75) is 84.2 Å². The molecule has 6 heteroatoms. The van der Waals surface area contributed by atoms with Gasteiger partial charge in [0, 0.05) is 23.7 Å². The summed E-state index contributed by atoms with van der Waals surface area (Å²) in [7, 11) is 1.75. The van der Waals surface area contributed by atoms with Gasteiger partial charge in [-0.1, -0.05) is 46.3 Å². The van der Waals surface area contributed by atoms with Gasteiger partial charge in [-0.2, -0.15) is 0 Å². The number of methoxy groups -OCH3 is 1. The van der Waals surface area contributed by atoms with Gasteiger partial charge in [0.1, 0.15) is 6.79 Å². The Bertz CT molecular complexity index is 460. The first-order valence-electron chi connectivity index (χ1n) is 9.94. The van der Waals surface area contributed by atoms with Crippen molar-refractivity contribution < 1.29 is 19.1 Å². The Balaban J connectivity index is -0.000000639. The maximum atomic E-state index is 11.5. The van der Waals surface area contributed by atoms with Gasteiger partial charge in [-0.3, -0.25) is 0 Å². The monoisotopic (exact) mass is 448 g/mol. The molecule has 29 heavy (non-hydrogen) atoms. The third-order valence-corrected chi connectivity index (χ3v) is 7.27. The lowest BCUT2D eigenvalue weighted by Crippen LogP contribution is -2.29. The smallest absolute Gasteiger partial charge is 0.333 e.